The molecule has 0 heterocycles. The Morgan fingerprint density at radius 2 is 2.00 bits per heavy atom. The van der Waals surface area contributed by atoms with E-state index in [4.69, 9.17) is 16.7 Å². The Labute approximate surface area is 108 Å². The number of aryl methyl sites for hydroxylation is 1. The van der Waals surface area contributed by atoms with Gasteiger partial charge in [0.1, 0.15) is 0 Å². The molecule has 0 bridgehead atoms. The number of halogens is 1. The zero-order valence-electron chi connectivity index (χ0n) is 10.3. The van der Waals surface area contributed by atoms with Gasteiger partial charge in [0.05, 0.1) is 5.92 Å². The highest BCUT2D eigenvalue weighted by atomic mass is 35.5. The fraction of sp³-hybridized carbons (Fsp3) is 0.500. The molecule has 1 N–H and O–H groups in total. The number of carboxylic acid groups (broad SMARTS) is 1. The summed E-state index contributed by atoms with van der Waals surface area (Å²) < 4.78 is 0. The molecule has 0 saturated carbocycles. The van der Waals surface area contributed by atoms with Crippen LogP contribution in [0.5, 0.6) is 0 Å². The minimum atomic E-state index is -0.695. The molecule has 2 nitrogen and oxygen atoms in total. The highest BCUT2D eigenvalue weighted by Gasteiger charge is 2.20. The van der Waals surface area contributed by atoms with Gasteiger partial charge in [-0.05, 0) is 36.8 Å². The van der Waals surface area contributed by atoms with Crippen LogP contribution in [0.2, 0.25) is 5.02 Å². The molecule has 17 heavy (non-hydrogen) atoms. The average Bonchev–Trinajstić information content (AvgIpc) is 2.25. The summed E-state index contributed by atoms with van der Waals surface area (Å²) in [5, 5.41) is 9.84. The lowest BCUT2D eigenvalue weighted by molar-refractivity contribution is -0.143. The van der Waals surface area contributed by atoms with Crippen LogP contribution in [-0.4, -0.2) is 11.1 Å². The Kier molecular flexibility index (Phi) is 5.49. The van der Waals surface area contributed by atoms with Crippen molar-refractivity contribution in [3.8, 4) is 0 Å². The number of aliphatic carboxylic acids is 1. The van der Waals surface area contributed by atoms with Crippen molar-refractivity contribution in [2.45, 2.75) is 33.1 Å². The second-order valence-corrected chi connectivity index (χ2v) is 5.08. The first kappa shape index (κ1) is 14.0. The molecular weight excluding hydrogens is 236 g/mol. The number of hydrogen-bond acceptors (Lipinski definition) is 1. The van der Waals surface area contributed by atoms with E-state index >= 15 is 0 Å². The second kappa shape index (κ2) is 6.65. The molecule has 0 aliphatic carbocycles. The summed E-state index contributed by atoms with van der Waals surface area (Å²) in [5.41, 5.74) is 1.10. The largest absolute Gasteiger partial charge is 0.481 e. The fourth-order valence-electron chi connectivity index (χ4n) is 1.96. The lowest BCUT2D eigenvalue weighted by Crippen LogP contribution is -2.19. The number of carboxylic acids is 1. The third kappa shape index (κ3) is 4.39. The van der Waals surface area contributed by atoms with Crippen molar-refractivity contribution in [3.05, 3.63) is 34.9 Å². The van der Waals surface area contributed by atoms with Crippen LogP contribution in [0.15, 0.2) is 24.3 Å². The second-order valence-electron chi connectivity index (χ2n) is 4.67. The summed E-state index contributed by atoms with van der Waals surface area (Å²) in [7, 11) is 0. The molecule has 0 saturated heterocycles. The van der Waals surface area contributed by atoms with Gasteiger partial charge in [-0.3, -0.25) is 4.79 Å². The molecule has 1 aromatic carbocycles. The van der Waals surface area contributed by atoms with Crippen molar-refractivity contribution in [3.63, 3.8) is 0 Å². The minimum Gasteiger partial charge on any atom is -0.481 e. The zero-order chi connectivity index (χ0) is 12.8. The van der Waals surface area contributed by atoms with Crippen molar-refractivity contribution in [2.75, 3.05) is 0 Å². The molecule has 0 aromatic heterocycles. The van der Waals surface area contributed by atoms with E-state index < -0.39 is 5.97 Å². The maximum Gasteiger partial charge on any atom is 0.306 e. The van der Waals surface area contributed by atoms with Crippen molar-refractivity contribution in [1.82, 2.24) is 0 Å². The van der Waals surface area contributed by atoms with E-state index in [-0.39, 0.29) is 11.8 Å². The van der Waals surface area contributed by atoms with E-state index in [1.807, 2.05) is 38.1 Å². The zero-order valence-corrected chi connectivity index (χ0v) is 11.1. The van der Waals surface area contributed by atoms with Crippen LogP contribution in [0.1, 0.15) is 32.3 Å². The first-order valence-corrected chi connectivity index (χ1v) is 6.36. The molecule has 1 rings (SSSR count). The van der Waals surface area contributed by atoms with Crippen LogP contribution >= 0.6 is 11.6 Å². The Morgan fingerprint density at radius 3 is 2.53 bits per heavy atom. The minimum absolute atomic E-state index is 0.179. The Hall–Kier alpha value is -1.02. The molecule has 0 amide bonds. The van der Waals surface area contributed by atoms with Gasteiger partial charge in [0.2, 0.25) is 0 Å². The Morgan fingerprint density at radius 1 is 1.35 bits per heavy atom. The van der Waals surface area contributed by atoms with Gasteiger partial charge in [0, 0.05) is 5.02 Å². The van der Waals surface area contributed by atoms with E-state index in [0.717, 1.165) is 23.4 Å². The van der Waals surface area contributed by atoms with Gasteiger partial charge in [0.25, 0.3) is 0 Å². The molecular formula is C14H19ClO2. The van der Waals surface area contributed by atoms with E-state index in [9.17, 15) is 4.79 Å². The predicted octanol–water partition coefficient (Wildman–Crippen LogP) is 4.02. The Balaban J connectivity index is 2.47. The van der Waals surface area contributed by atoms with Crippen LogP contribution in [0.25, 0.3) is 0 Å². The van der Waals surface area contributed by atoms with Crippen molar-refractivity contribution in [2.24, 2.45) is 11.8 Å². The van der Waals surface area contributed by atoms with Gasteiger partial charge in [-0.15, -0.1) is 0 Å². The van der Waals surface area contributed by atoms with Gasteiger partial charge < -0.3 is 5.11 Å². The highest BCUT2D eigenvalue weighted by Crippen LogP contribution is 2.21. The molecule has 0 aliphatic heterocycles. The van der Waals surface area contributed by atoms with Gasteiger partial charge in [-0.1, -0.05) is 43.6 Å². The number of benzene rings is 1. The van der Waals surface area contributed by atoms with Gasteiger partial charge >= 0.3 is 5.97 Å². The third-order valence-corrected chi connectivity index (χ3v) is 3.41. The van der Waals surface area contributed by atoms with Crippen LogP contribution in [0, 0.1) is 11.8 Å². The smallest absolute Gasteiger partial charge is 0.306 e. The summed E-state index contributed by atoms with van der Waals surface area (Å²) in [6.45, 7) is 3.91. The van der Waals surface area contributed by atoms with Gasteiger partial charge in [-0.25, -0.2) is 0 Å². The molecule has 1 unspecified atom stereocenters. The lowest BCUT2D eigenvalue weighted by atomic mass is 9.90. The van der Waals surface area contributed by atoms with Crippen LogP contribution < -0.4 is 0 Å². The lowest BCUT2D eigenvalue weighted by Gasteiger charge is -2.15. The molecule has 1 atom stereocenters. The highest BCUT2D eigenvalue weighted by molar-refractivity contribution is 6.31. The third-order valence-electron chi connectivity index (χ3n) is 3.04. The molecule has 0 spiro atoms. The van der Waals surface area contributed by atoms with E-state index in [1.54, 1.807) is 0 Å². The quantitative estimate of drug-likeness (QED) is 0.833. The first-order valence-electron chi connectivity index (χ1n) is 5.98. The van der Waals surface area contributed by atoms with Crippen molar-refractivity contribution in [1.29, 1.82) is 0 Å². The normalized spacial score (nSPS) is 12.7. The molecule has 0 fully saturated rings. The molecule has 0 radical (unpaired) electrons. The van der Waals surface area contributed by atoms with Crippen molar-refractivity contribution < 1.29 is 9.90 Å². The molecule has 0 aliphatic rings. The number of rotatable bonds is 6. The van der Waals surface area contributed by atoms with Crippen LogP contribution in [-0.2, 0) is 11.2 Å². The molecule has 3 heteroatoms. The van der Waals surface area contributed by atoms with E-state index in [2.05, 4.69) is 0 Å². The van der Waals surface area contributed by atoms with Crippen LogP contribution in [0.3, 0.4) is 0 Å². The maximum absolute atomic E-state index is 11.0. The van der Waals surface area contributed by atoms with Gasteiger partial charge in [-0.2, -0.15) is 0 Å². The van der Waals surface area contributed by atoms with E-state index in [0.29, 0.717) is 6.42 Å². The summed E-state index contributed by atoms with van der Waals surface area (Å²) in [6.07, 6.45) is 2.41. The van der Waals surface area contributed by atoms with E-state index in [1.165, 1.54) is 0 Å². The summed E-state index contributed by atoms with van der Waals surface area (Å²) in [4.78, 5) is 11.0. The van der Waals surface area contributed by atoms with Gasteiger partial charge in [0.15, 0.2) is 0 Å². The number of carbonyl (C=O) groups is 1. The predicted molar refractivity (Wildman–Crippen MR) is 70.4 cm³/mol. The standard InChI is InChI=1S/C14H19ClO2/c1-10(2)12(14(16)17)8-5-7-11-6-3-4-9-13(11)15/h3-4,6,9-10,12H,5,7-8H2,1-2H3,(H,16,17). The fourth-order valence-corrected chi connectivity index (χ4v) is 2.19. The average molecular weight is 255 g/mol. The summed E-state index contributed by atoms with van der Waals surface area (Å²) >= 11 is 6.05. The van der Waals surface area contributed by atoms with Crippen molar-refractivity contribution >= 4 is 17.6 Å². The maximum atomic E-state index is 11.0. The summed E-state index contributed by atoms with van der Waals surface area (Å²) in [5.74, 6) is -0.768. The summed E-state index contributed by atoms with van der Waals surface area (Å²) in [6, 6.07) is 7.72. The molecule has 94 valence electrons. The topological polar surface area (TPSA) is 37.3 Å². The monoisotopic (exact) mass is 254 g/mol. The first-order chi connectivity index (χ1) is 8.02. The molecule has 1 aromatic rings. The number of hydrogen-bond donors (Lipinski definition) is 1. The SMILES string of the molecule is CC(C)C(CCCc1ccccc1Cl)C(=O)O. The van der Waals surface area contributed by atoms with Crippen LogP contribution in [0.4, 0.5) is 0 Å². The Bertz CT molecular complexity index is 374.